The highest BCUT2D eigenvalue weighted by atomic mass is 16.5. The van der Waals surface area contributed by atoms with Crippen LogP contribution in [0.5, 0.6) is 0 Å². The number of hydrogen-bond donors (Lipinski definition) is 0. The zero-order chi connectivity index (χ0) is 13.5. The quantitative estimate of drug-likeness (QED) is 0.764. The maximum atomic E-state index is 12.3. The molecule has 3 nitrogen and oxygen atoms in total. The molecule has 0 radical (unpaired) electrons. The first-order chi connectivity index (χ1) is 9.19. The summed E-state index contributed by atoms with van der Waals surface area (Å²) in [4.78, 5) is 14.7. The SMILES string of the molecule is COC(=O)C1(C2c3ccccc3CCN2C)CCC1. The standard InChI is InChI=1S/C16H21NO2/c1-17-11-8-12-6-3-4-7-13(12)14(17)16(9-5-10-16)15(18)19-2/h3-4,6-7,14H,5,8-11H2,1-2H3. The van der Waals surface area contributed by atoms with Crippen LogP contribution in [0.25, 0.3) is 0 Å². The van der Waals surface area contributed by atoms with Crippen molar-refractivity contribution in [3.63, 3.8) is 0 Å². The van der Waals surface area contributed by atoms with Gasteiger partial charge in [-0.3, -0.25) is 9.69 Å². The summed E-state index contributed by atoms with van der Waals surface area (Å²) in [6, 6.07) is 8.72. The molecule has 0 bridgehead atoms. The summed E-state index contributed by atoms with van der Waals surface area (Å²) >= 11 is 0. The van der Waals surface area contributed by atoms with Gasteiger partial charge in [0.2, 0.25) is 0 Å². The fraction of sp³-hybridized carbons (Fsp3) is 0.562. The highest BCUT2D eigenvalue weighted by molar-refractivity contribution is 5.79. The molecule has 1 unspecified atom stereocenters. The maximum Gasteiger partial charge on any atom is 0.313 e. The number of esters is 1. The first kappa shape index (κ1) is 12.7. The Hall–Kier alpha value is -1.35. The van der Waals surface area contributed by atoms with Gasteiger partial charge in [-0.15, -0.1) is 0 Å². The molecule has 1 fully saturated rings. The zero-order valence-corrected chi connectivity index (χ0v) is 11.7. The van der Waals surface area contributed by atoms with E-state index < -0.39 is 0 Å². The van der Waals surface area contributed by atoms with Crippen LogP contribution < -0.4 is 0 Å². The average molecular weight is 259 g/mol. The number of likely N-dealkylation sites (N-methyl/N-ethyl adjacent to an activating group) is 1. The van der Waals surface area contributed by atoms with E-state index in [-0.39, 0.29) is 17.4 Å². The van der Waals surface area contributed by atoms with Crippen LogP contribution in [0.1, 0.15) is 36.4 Å². The third kappa shape index (κ3) is 1.79. The smallest absolute Gasteiger partial charge is 0.313 e. The normalized spacial score (nSPS) is 25.3. The Labute approximate surface area is 114 Å². The number of fused-ring (bicyclic) bond motifs is 1. The van der Waals surface area contributed by atoms with Gasteiger partial charge < -0.3 is 4.74 Å². The van der Waals surface area contributed by atoms with Crippen LogP contribution >= 0.6 is 0 Å². The van der Waals surface area contributed by atoms with Gasteiger partial charge in [-0.2, -0.15) is 0 Å². The van der Waals surface area contributed by atoms with Gasteiger partial charge >= 0.3 is 5.97 Å². The number of carbonyl (C=O) groups is 1. The molecule has 1 heterocycles. The highest BCUT2D eigenvalue weighted by Gasteiger charge is 2.54. The third-order valence-electron chi connectivity index (χ3n) is 4.89. The molecule has 102 valence electrons. The molecule has 3 rings (SSSR count). The lowest BCUT2D eigenvalue weighted by Gasteiger charge is -2.50. The Morgan fingerprint density at radius 2 is 2.11 bits per heavy atom. The number of rotatable bonds is 2. The minimum absolute atomic E-state index is 0.0349. The van der Waals surface area contributed by atoms with Crippen molar-refractivity contribution in [3.8, 4) is 0 Å². The van der Waals surface area contributed by atoms with E-state index in [9.17, 15) is 4.79 Å². The number of carbonyl (C=O) groups excluding carboxylic acids is 1. The summed E-state index contributed by atoms with van der Waals surface area (Å²) in [6.45, 7) is 1.01. The number of benzene rings is 1. The summed E-state index contributed by atoms with van der Waals surface area (Å²) in [5.41, 5.74) is 2.39. The second-order valence-electron chi connectivity index (χ2n) is 5.83. The van der Waals surface area contributed by atoms with Crippen LogP contribution in [0.3, 0.4) is 0 Å². The van der Waals surface area contributed by atoms with Gasteiger partial charge in [0.05, 0.1) is 18.6 Å². The molecule has 0 saturated heterocycles. The van der Waals surface area contributed by atoms with Gasteiger partial charge in [0.1, 0.15) is 0 Å². The summed E-state index contributed by atoms with van der Waals surface area (Å²) in [5.74, 6) is -0.0349. The summed E-state index contributed by atoms with van der Waals surface area (Å²) in [7, 11) is 3.64. The van der Waals surface area contributed by atoms with Crippen molar-refractivity contribution in [2.75, 3.05) is 20.7 Å². The van der Waals surface area contributed by atoms with Crippen molar-refractivity contribution in [1.29, 1.82) is 0 Å². The van der Waals surface area contributed by atoms with Gasteiger partial charge in [0, 0.05) is 6.54 Å². The second-order valence-corrected chi connectivity index (χ2v) is 5.83. The molecule has 19 heavy (non-hydrogen) atoms. The van der Waals surface area contributed by atoms with Crippen molar-refractivity contribution in [3.05, 3.63) is 35.4 Å². The molecule has 1 aromatic carbocycles. The van der Waals surface area contributed by atoms with E-state index in [4.69, 9.17) is 4.74 Å². The van der Waals surface area contributed by atoms with Crippen LogP contribution in [0.2, 0.25) is 0 Å². The second kappa shape index (κ2) is 4.64. The first-order valence-electron chi connectivity index (χ1n) is 7.05. The summed E-state index contributed by atoms with van der Waals surface area (Å²) in [5, 5.41) is 0. The van der Waals surface area contributed by atoms with Crippen LogP contribution in [-0.4, -0.2) is 31.6 Å². The molecule has 0 aromatic heterocycles. The van der Waals surface area contributed by atoms with E-state index in [1.807, 2.05) is 0 Å². The van der Waals surface area contributed by atoms with E-state index in [1.54, 1.807) is 0 Å². The average Bonchev–Trinajstić information content (AvgIpc) is 2.39. The Balaban J connectivity index is 2.05. The molecule has 2 aliphatic rings. The Kier molecular flexibility index (Phi) is 3.09. The molecule has 1 aliphatic heterocycles. The van der Waals surface area contributed by atoms with Crippen molar-refractivity contribution >= 4 is 5.97 Å². The van der Waals surface area contributed by atoms with Gasteiger partial charge in [-0.25, -0.2) is 0 Å². The van der Waals surface area contributed by atoms with Crippen LogP contribution in [0.4, 0.5) is 0 Å². The van der Waals surface area contributed by atoms with Crippen LogP contribution in [-0.2, 0) is 16.0 Å². The lowest BCUT2D eigenvalue weighted by atomic mass is 9.60. The largest absolute Gasteiger partial charge is 0.469 e. The minimum atomic E-state index is -0.319. The topological polar surface area (TPSA) is 29.5 Å². The molecule has 0 N–H and O–H groups in total. The van der Waals surface area contributed by atoms with E-state index >= 15 is 0 Å². The first-order valence-corrected chi connectivity index (χ1v) is 7.05. The fourth-order valence-electron chi connectivity index (χ4n) is 3.76. The molecular weight excluding hydrogens is 238 g/mol. The Bertz CT molecular complexity index is 493. The molecule has 1 saturated carbocycles. The van der Waals surface area contributed by atoms with Crippen molar-refractivity contribution < 1.29 is 9.53 Å². The van der Waals surface area contributed by atoms with Gasteiger partial charge in [-0.1, -0.05) is 30.7 Å². The van der Waals surface area contributed by atoms with Crippen LogP contribution in [0, 0.1) is 5.41 Å². The highest BCUT2D eigenvalue weighted by Crippen LogP contribution is 2.54. The maximum absolute atomic E-state index is 12.3. The number of methoxy groups -OCH3 is 1. The molecule has 1 aromatic rings. The zero-order valence-electron chi connectivity index (χ0n) is 11.7. The predicted octanol–water partition coefficient (Wildman–Crippen LogP) is 2.56. The number of nitrogens with zero attached hydrogens (tertiary/aromatic N) is 1. The van der Waals surface area contributed by atoms with E-state index in [2.05, 4.69) is 36.2 Å². The lowest BCUT2D eigenvalue weighted by Crippen LogP contribution is -2.51. The molecular formula is C16H21NO2. The molecule has 1 atom stereocenters. The molecule has 3 heteroatoms. The summed E-state index contributed by atoms with van der Waals surface area (Å²) in [6.07, 6.45) is 4.09. The molecule has 1 aliphatic carbocycles. The van der Waals surface area contributed by atoms with E-state index in [0.717, 1.165) is 32.2 Å². The Morgan fingerprint density at radius 3 is 2.74 bits per heavy atom. The van der Waals surface area contributed by atoms with Gasteiger partial charge in [0.15, 0.2) is 0 Å². The Morgan fingerprint density at radius 1 is 1.37 bits per heavy atom. The monoisotopic (exact) mass is 259 g/mol. The molecule has 0 amide bonds. The van der Waals surface area contributed by atoms with Crippen LogP contribution in [0.15, 0.2) is 24.3 Å². The van der Waals surface area contributed by atoms with Crippen molar-refractivity contribution in [2.24, 2.45) is 5.41 Å². The van der Waals surface area contributed by atoms with E-state index in [0.29, 0.717) is 0 Å². The number of ether oxygens (including phenoxy) is 1. The van der Waals surface area contributed by atoms with Crippen molar-refractivity contribution in [2.45, 2.75) is 31.7 Å². The predicted molar refractivity (Wildman–Crippen MR) is 73.8 cm³/mol. The van der Waals surface area contributed by atoms with E-state index in [1.165, 1.54) is 18.2 Å². The lowest BCUT2D eigenvalue weighted by molar-refractivity contribution is -0.165. The third-order valence-corrected chi connectivity index (χ3v) is 4.89. The summed E-state index contributed by atoms with van der Waals surface area (Å²) < 4.78 is 5.11. The molecule has 0 spiro atoms. The van der Waals surface area contributed by atoms with Crippen molar-refractivity contribution in [1.82, 2.24) is 4.90 Å². The van der Waals surface area contributed by atoms with Gasteiger partial charge in [0.25, 0.3) is 0 Å². The minimum Gasteiger partial charge on any atom is -0.469 e. The van der Waals surface area contributed by atoms with Gasteiger partial charge in [-0.05, 0) is 37.4 Å². The number of hydrogen-bond acceptors (Lipinski definition) is 3. The fourth-order valence-corrected chi connectivity index (χ4v) is 3.76.